The van der Waals surface area contributed by atoms with Gasteiger partial charge in [-0.3, -0.25) is 4.79 Å². The predicted molar refractivity (Wildman–Crippen MR) is 111 cm³/mol. The number of ether oxygens (including phenoxy) is 1. The van der Waals surface area contributed by atoms with E-state index in [0.717, 1.165) is 24.9 Å². The summed E-state index contributed by atoms with van der Waals surface area (Å²) in [7, 11) is -3.64. The fraction of sp³-hybridized carbons (Fsp3) is 0.632. The zero-order valence-electron chi connectivity index (χ0n) is 16.4. The number of halogens is 1. The maximum atomic E-state index is 13.1. The molecular weight excluding hydrogens is 402 g/mol. The highest BCUT2D eigenvalue weighted by Crippen LogP contribution is 2.24. The molecule has 0 bridgehead atoms. The summed E-state index contributed by atoms with van der Waals surface area (Å²) in [4.78, 5) is 13.0. The molecule has 7 nitrogen and oxygen atoms in total. The van der Waals surface area contributed by atoms with E-state index in [2.05, 4.69) is 17.6 Å². The van der Waals surface area contributed by atoms with Gasteiger partial charge >= 0.3 is 0 Å². The molecule has 2 atom stereocenters. The van der Waals surface area contributed by atoms with E-state index >= 15 is 0 Å². The summed E-state index contributed by atoms with van der Waals surface area (Å²) < 4.78 is 32.9. The maximum absolute atomic E-state index is 13.1. The third-order valence-corrected chi connectivity index (χ3v) is 7.36. The first-order chi connectivity index (χ1) is 12.9. The van der Waals surface area contributed by atoms with Crippen molar-refractivity contribution >= 4 is 28.3 Å². The number of rotatable bonds is 5. The van der Waals surface area contributed by atoms with Crippen molar-refractivity contribution in [1.29, 1.82) is 0 Å². The van der Waals surface area contributed by atoms with Gasteiger partial charge in [-0.15, -0.1) is 12.4 Å². The molecule has 158 valence electrons. The van der Waals surface area contributed by atoms with Crippen molar-refractivity contribution in [2.75, 3.05) is 32.8 Å². The summed E-state index contributed by atoms with van der Waals surface area (Å²) in [5.41, 5.74) is 1.11. The van der Waals surface area contributed by atoms with E-state index in [0.29, 0.717) is 38.3 Å². The number of nitrogens with zero attached hydrogens (tertiary/aromatic N) is 1. The molecular formula is C19H30ClN3O4S. The van der Waals surface area contributed by atoms with Gasteiger partial charge in [-0.25, -0.2) is 8.42 Å². The van der Waals surface area contributed by atoms with Crippen molar-refractivity contribution in [2.24, 2.45) is 0 Å². The van der Waals surface area contributed by atoms with Crippen LogP contribution in [0, 0.1) is 0 Å². The minimum Gasteiger partial charge on any atom is -0.379 e. The number of carbonyl (C=O) groups is 1. The van der Waals surface area contributed by atoms with E-state index in [4.69, 9.17) is 4.74 Å². The number of hydrogen-bond acceptors (Lipinski definition) is 5. The molecule has 0 aromatic heterocycles. The number of amides is 1. The molecule has 0 aliphatic carbocycles. The summed E-state index contributed by atoms with van der Waals surface area (Å²) in [5, 5.41) is 6.41. The van der Waals surface area contributed by atoms with E-state index in [1.54, 1.807) is 12.1 Å². The summed E-state index contributed by atoms with van der Waals surface area (Å²) in [6.07, 6.45) is 2.52. The molecule has 28 heavy (non-hydrogen) atoms. The van der Waals surface area contributed by atoms with Gasteiger partial charge in [-0.2, -0.15) is 4.31 Å². The molecule has 1 aromatic rings. The van der Waals surface area contributed by atoms with Crippen molar-refractivity contribution in [3.8, 4) is 0 Å². The van der Waals surface area contributed by atoms with Crippen LogP contribution in [0.4, 0.5) is 0 Å². The van der Waals surface area contributed by atoms with Crippen LogP contribution >= 0.6 is 12.4 Å². The van der Waals surface area contributed by atoms with E-state index in [1.807, 2.05) is 6.92 Å². The fourth-order valence-corrected chi connectivity index (χ4v) is 5.37. The Morgan fingerprint density at radius 2 is 2.04 bits per heavy atom. The van der Waals surface area contributed by atoms with Gasteiger partial charge in [0.2, 0.25) is 10.0 Å². The second-order valence-electron chi connectivity index (χ2n) is 7.16. The zero-order valence-corrected chi connectivity index (χ0v) is 18.1. The predicted octanol–water partition coefficient (Wildman–Crippen LogP) is 1.56. The Hall–Kier alpha value is -1.19. The highest BCUT2D eigenvalue weighted by atomic mass is 35.5. The molecule has 2 saturated heterocycles. The Morgan fingerprint density at radius 1 is 1.32 bits per heavy atom. The van der Waals surface area contributed by atoms with E-state index in [9.17, 15) is 13.2 Å². The number of nitrogens with one attached hydrogen (secondary N) is 2. The summed E-state index contributed by atoms with van der Waals surface area (Å²) >= 11 is 0. The molecule has 0 spiro atoms. The SMILES string of the molecule is CCc1ccc(C(=O)NC2CCCNC2C)cc1S(=O)(=O)N1CCOCC1.Cl. The molecule has 2 N–H and O–H groups in total. The first kappa shape index (κ1) is 23.1. The highest BCUT2D eigenvalue weighted by Gasteiger charge is 2.29. The molecule has 2 heterocycles. The van der Waals surface area contributed by atoms with Crippen LogP contribution in [0.3, 0.4) is 0 Å². The Morgan fingerprint density at radius 3 is 2.68 bits per heavy atom. The third-order valence-electron chi connectivity index (χ3n) is 5.38. The lowest BCUT2D eigenvalue weighted by molar-refractivity contribution is 0.0730. The average Bonchev–Trinajstić information content (AvgIpc) is 2.69. The monoisotopic (exact) mass is 431 g/mol. The number of carbonyl (C=O) groups excluding carboxylic acids is 1. The largest absolute Gasteiger partial charge is 0.379 e. The lowest BCUT2D eigenvalue weighted by Crippen LogP contribution is -2.51. The molecule has 2 aliphatic heterocycles. The van der Waals surface area contributed by atoms with Crippen LogP contribution in [0.15, 0.2) is 23.1 Å². The maximum Gasteiger partial charge on any atom is 0.251 e. The first-order valence-electron chi connectivity index (χ1n) is 9.68. The van der Waals surface area contributed by atoms with Gasteiger partial charge in [0.15, 0.2) is 0 Å². The van der Waals surface area contributed by atoms with Gasteiger partial charge < -0.3 is 15.4 Å². The van der Waals surface area contributed by atoms with E-state index in [-0.39, 0.29) is 35.3 Å². The van der Waals surface area contributed by atoms with Gasteiger partial charge in [0, 0.05) is 30.7 Å². The van der Waals surface area contributed by atoms with Crippen LogP contribution in [0.1, 0.15) is 42.6 Å². The van der Waals surface area contributed by atoms with Crippen LogP contribution in [0.2, 0.25) is 0 Å². The molecule has 1 aromatic carbocycles. The first-order valence-corrected chi connectivity index (χ1v) is 11.1. The highest BCUT2D eigenvalue weighted by molar-refractivity contribution is 7.89. The van der Waals surface area contributed by atoms with Crippen LogP contribution in [0.5, 0.6) is 0 Å². The lowest BCUT2D eigenvalue weighted by Gasteiger charge is -2.30. The standard InChI is InChI=1S/C19H29N3O4S.ClH/c1-3-15-6-7-16(19(23)21-17-5-4-8-20-14(17)2)13-18(15)27(24,25)22-9-11-26-12-10-22;/h6-7,13-14,17,20H,3-5,8-12H2,1-2H3,(H,21,23);1H. The lowest BCUT2D eigenvalue weighted by atomic mass is 9.99. The molecule has 2 unspecified atom stereocenters. The molecule has 2 fully saturated rings. The van der Waals surface area contributed by atoms with E-state index < -0.39 is 10.0 Å². The van der Waals surface area contributed by atoms with Gasteiger partial charge in [0.25, 0.3) is 5.91 Å². The number of morpholine rings is 1. The molecule has 2 aliphatic rings. The van der Waals surface area contributed by atoms with Gasteiger partial charge in [0.1, 0.15) is 0 Å². The summed E-state index contributed by atoms with van der Waals surface area (Å²) in [6, 6.07) is 5.25. The molecule has 1 amide bonds. The van der Waals surface area contributed by atoms with Gasteiger partial charge in [0.05, 0.1) is 18.1 Å². The van der Waals surface area contributed by atoms with Crippen LogP contribution in [-0.2, 0) is 21.2 Å². The fourth-order valence-electron chi connectivity index (χ4n) is 3.65. The van der Waals surface area contributed by atoms with Crippen molar-refractivity contribution in [3.63, 3.8) is 0 Å². The number of aryl methyl sites for hydroxylation is 1. The van der Waals surface area contributed by atoms with Crippen LogP contribution in [0.25, 0.3) is 0 Å². The van der Waals surface area contributed by atoms with Gasteiger partial charge in [-0.05, 0) is 50.4 Å². The van der Waals surface area contributed by atoms with Crippen molar-refractivity contribution in [1.82, 2.24) is 14.9 Å². The Balaban J connectivity index is 0.00000280. The van der Waals surface area contributed by atoms with E-state index in [1.165, 1.54) is 10.4 Å². The van der Waals surface area contributed by atoms with Crippen LogP contribution in [-0.4, -0.2) is 63.6 Å². The van der Waals surface area contributed by atoms with Gasteiger partial charge in [-0.1, -0.05) is 13.0 Å². The molecule has 9 heteroatoms. The third kappa shape index (κ3) is 5.04. The quantitative estimate of drug-likeness (QED) is 0.738. The second-order valence-corrected chi connectivity index (χ2v) is 9.06. The minimum absolute atomic E-state index is 0. The Labute approximate surface area is 173 Å². The summed E-state index contributed by atoms with van der Waals surface area (Å²) in [5.74, 6) is -0.225. The summed E-state index contributed by atoms with van der Waals surface area (Å²) in [6.45, 7) is 6.41. The number of hydrogen-bond donors (Lipinski definition) is 2. The minimum atomic E-state index is -3.64. The normalized spacial score (nSPS) is 23.6. The number of piperidine rings is 1. The molecule has 0 saturated carbocycles. The molecule has 0 radical (unpaired) electrons. The Kier molecular flexibility index (Phi) is 8.27. The smallest absolute Gasteiger partial charge is 0.251 e. The second kappa shape index (κ2) is 10.0. The topological polar surface area (TPSA) is 87.7 Å². The van der Waals surface area contributed by atoms with Crippen molar-refractivity contribution < 1.29 is 17.9 Å². The Bertz CT molecular complexity index is 781. The number of benzene rings is 1. The van der Waals surface area contributed by atoms with Crippen LogP contribution < -0.4 is 10.6 Å². The van der Waals surface area contributed by atoms with Crippen molar-refractivity contribution in [2.45, 2.75) is 50.1 Å². The number of sulfonamides is 1. The average molecular weight is 432 g/mol. The molecule has 3 rings (SSSR count). The zero-order chi connectivity index (χ0) is 19.4. The van der Waals surface area contributed by atoms with Crippen molar-refractivity contribution in [3.05, 3.63) is 29.3 Å².